The Bertz CT molecular complexity index is 473. The molecule has 1 heterocycles. The van der Waals surface area contributed by atoms with E-state index >= 15 is 0 Å². The number of nitrogens with zero attached hydrogens (tertiary/aromatic N) is 1. The van der Waals surface area contributed by atoms with Crippen LogP contribution in [0.2, 0.25) is 5.02 Å². The van der Waals surface area contributed by atoms with Gasteiger partial charge in [-0.1, -0.05) is 11.6 Å². The number of likely N-dealkylation sites (tertiary alicyclic amines) is 1. The Labute approximate surface area is 111 Å². The average molecular weight is 270 g/mol. The highest BCUT2D eigenvalue weighted by Crippen LogP contribution is 2.27. The molecule has 18 heavy (non-hydrogen) atoms. The van der Waals surface area contributed by atoms with E-state index in [1.54, 1.807) is 30.0 Å². The van der Waals surface area contributed by atoms with Gasteiger partial charge >= 0.3 is 0 Å². The van der Waals surface area contributed by atoms with Gasteiger partial charge in [-0.15, -0.1) is 0 Å². The van der Waals surface area contributed by atoms with Gasteiger partial charge in [-0.3, -0.25) is 4.79 Å². The van der Waals surface area contributed by atoms with Crippen molar-refractivity contribution >= 4 is 17.5 Å². The fraction of sp³-hybridized carbons (Fsp3) is 0.462. The minimum absolute atomic E-state index is 0.160. The van der Waals surface area contributed by atoms with Crippen molar-refractivity contribution < 1.29 is 14.6 Å². The van der Waals surface area contributed by atoms with E-state index in [2.05, 4.69) is 0 Å². The van der Waals surface area contributed by atoms with Crippen LogP contribution in [0.3, 0.4) is 0 Å². The molecule has 5 heteroatoms. The lowest BCUT2D eigenvalue weighted by atomic mass is 10.1. The maximum absolute atomic E-state index is 12.3. The summed E-state index contributed by atoms with van der Waals surface area (Å²) in [7, 11) is 1.51. The molecule has 1 aliphatic heterocycles. The number of aliphatic hydroxyl groups is 1. The van der Waals surface area contributed by atoms with Crippen LogP contribution in [-0.4, -0.2) is 41.7 Å². The van der Waals surface area contributed by atoms with E-state index in [1.807, 2.05) is 0 Å². The number of rotatable bonds is 2. The fourth-order valence-corrected chi connectivity index (χ4v) is 2.31. The highest BCUT2D eigenvalue weighted by molar-refractivity contribution is 6.31. The highest BCUT2D eigenvalue weighted by Gasteiger charge is 2.35. The van der Waals surface area contributed by atoms with E-state index in [0.29, 0.717) is 35.8 Å². The number of benzene rings is 1. The monoisotopic (exact) mass is 269 g/mol. The standard InChI is InChI=1S/C13H16ClNO3/c1-13(17)5-6-15(8-13)12(16)10-7-9(14)3-4-11(10)18-2/h3-4,7,17H,5-6,8H2,1-2H3. The number of ether oxygens (including phenoxy) is 1. The first kappa shape index (κ1) is 13.2. The summed E-state index contributed by atoms with van der Waals surface area (Å²) in [6.45, 7) is 2.61. The van der Waals surface area contributed by atoms with Crippen LogP contribution in [0.25, 0.3) is 0 Å². The number of amides is 1. The van der Waals surface area contributed by atoms with Gasteiger partial charge in [-0.2, -0.15) is 0 Å². The number of carbonyl (C=O) groups is 1. The molecule has 1 fully saturated rings. The Hall–Kier alpha value is -1.26. The molecule has 0 bridgehead atoms. The second-order valence-corrected chi connectivity index (χ2v) is 5.25. The Kier molecular flexibility index (Phi) is 3.50. The molecule has 1 atom stereocenters. The van der Waals surface area contributed by atoms with Crippen molar-refractivity contribution in [3.05, 3.63) is 28.8 Å². The van der Waals surface area contributed by atoms with Crippen LogP contribution >= 0.6 is 11.6 Å². The number of β-amino-alcohol motifs (C(OH)–C–C–N with tert-alkyl or cyclic N) is 1. The average Bonchev–Trinajstić information content (AvgIpc) is 2.68. The van der Waals surface area contributed by atoms with Gasteiger partial charge in [-0.25, -0.2) is 0 Å². The lowest BCUT2D eigenvalue weighted by Gasteiger charge is -2.20. The van der Waals surface area contributed by atoms with Crippen molar-refractivity contribution in [1.82, 2.24) is 4.90 Å². The van der Waals surface area contributed by atoms with Crippen molar-refractivity contribution in [3.63, 3.8) is 0 Å². The van der Waals surface area contributed by atoms with Gasteiger partial charge in [0.2, 0.25) is 0 Å². The van der Waals surface area contributed by atoms with Gasteiger partial charge in [0.1, 0.15) is 5.75 Å². The van der Waals surface area contributed by atoms with Crippen molar-refractivity contribution in [1.29, 1.82) is 0 Å². The molecule has 98 valence electrons. The first-order valence-corrected chi connectivity index (χ1v) is 6.16. The van der Waals surface area contributed by atoms with E-state index in [-0.39, 0.29) is 5.91 Å². The molecule has 1 aromatic rings. The molecule has 1 N–H and O–H groups in total. The first-order valence-electron chi connectivity index (χ1n) is 5.78. The zero-order valence-electron chi connectivity index (χ0n) is 10.4. The molecule has 0 saturated carbocycles. The van der Waals surface area contributed by atoms with E-state index in [0.717, 1.165) is 0 Å². The Balaban J connectivity index is 2.26. The Morgan fingerprint density at radius 1 is 1.56 bits per heavy atom. The van der Waals surface area contributed by atoms with E-state index in [1.165, 1.54) is 7.11 Å². The van der Waals surface area contributed by atoms with Gasteiger partial charge in [0.05, 0.1) is 18.3 Å². The third-order valence-corrected chi connectivity index (χ3v) is 3.37. The van der Waals surface area contributed by atoms with E-state index < -0.39 is 5.60 Å². The molecule has 1 aliphatic rings. The number of methoxy groups -OCH3 is 1. The predicted molar refractivity (Wildman–Crippen MR) is 69.1 cm³/mol. The van der Waals surface area contributed by atoms with Gasteiger partial charge in [0, 0.05) is 18.1 Å². The molecule has 0 aromatic heterocycles. The van der Waals surface area contributed by atoms with Gasteiger partial charge in [-0.05, 0) is 31.5 Å². The van der Waals surface area contributed by atoms with Crippen LogP contribution in [-0.2, 0) is 0 Å². The molecule has 0 spiro atoms. The fourth-order valence-electron chi connectivity index (χ4n) is 2.14. The van der Waals surface area contributed by atoms with Crippen LogP contribution in [0.5, 0.6) is 5.75 Å². The molecule has 2 rings (SSSR count). The summed E-state index contributed by atoms with van der Waals surface area (Å²) in [6.07, 6.45) is 0.585. The highest BCUT2D eigenvalue weighted by atomic mass is 35.5. The normalized spacial score (nSPS) is 23.2. The number of halogens is 1. The second kappa shape index (κ2) is 4.78. The summed E-state index contributed by atoms with van der Waals surface area (Å²) < 4.78 is 5.16. The predicted octanol–water partition coefficient (Wildman–Crippen LogP) is 1.95. The summed E-state index contributed by atoms with van der Waals surface area (Å²) >= 11 is 5.90. The molecule has 1 saturated heterocycles. The zero-order chi connectivity index (χ0) is 13.3. The molecule has 1 amide bonds. The van der Waals surface area contributed by atoms with Crippen LogP contribution < -0.4 is 4.74 Å². The molecule has 1 unspecified atom stereocenters. The minimum Gasteiger partial charge on any atom is -0.496 e. The van der Waals surface area contributed by atoms with Gasteiger partial charge in [0.15, 0.2) is 0 Å². The summed E-state index contributed by atoms with van der Waals surface area (Å²) in [5, 5.41) is 10.4. The molecular weight excluding hydrogens is 254 g/mol. The van der Waals surface area contributed by atoms with Crippen molar-refractivity contribution in [2.24, 2.45) is 0 Å². The van der Waals surface area contributed by atoms with Crippen molar-refractivity contribution in [2.45, 2.75) is 18.9 Å². The van der Waals surface area contributed by atoms with Gasteiger partial charge < -0.3 is 14.7 Å². The largest absolute Gasteiger partial charge is 0.496 e. The number of carbonyl (C=O) groups excluding carboxylic acids is 1. The molecule has 0 radical (unpaired) electrons. The van der Waals surface area contributed by atoms with Gasteiger partial charge in [0.25, 0.3) is 5.91 Å². The smallest absolute Gasteiger partial charge is 0.257 e. The molecule has 1 aromatic carbocycles. The summed E-state index contributed by atoms with van der Waals surface area (Å²) in [6, 6.07) is 4.94. The van der Waals surface area contributed by atoms with Crippen LogP contribution in [0.1, 0.15) is 23.7 Å². The zero-order valence-corrected chi connectivity index (χ0v) is 11.2. The van der Waals surface area contributed by atoms with Crippen LogP contribution in [0, 0.1) is 0 Å². The van der Waals surface area contributed by atoms with Crippen molar-refractivity contribution in [2.75, 3.05) is 20.2 Å². The van der Waals surface area contributed by atoms with Crippen LogP contribution in [0.15, 0.2) is 18.2 Å². The maximum atomic E-state index is 12.3. The van der Waals surface area contributed by atoms with Crippen LogP contribution in [0.4, 0.5) is 0 Å². The Morgan fingerprint density at radius 3 is 2.83 bits per heavy atom. The summed E-state index contributed by atoms with van der Waals surface area (Å²) in [4.78, 5) is 14.0. The number of hydrogen-bond acceptors (Lipinski definition) is 3. The van der Waals surface area contributed by atoms with E-state index in [9.17, 15) is 9.90 Å². The lowest BCUT2D eigenvalue weighted by molar-refractivity contribution is 0.0570. The molecule has 0 aliphatic carbocycles. The Morgan fingerprint density at radius 2 is 2.28 bits per heavy atom. The second-order valence-electron chi connectivity index (χ2n) is 4.82. The maximum Gasteiger partial charge on any atom is 0.257 e. The number of hydrogen-bond donors (Lipinski definition) is 1. The van der Waals surface area contributed by atoms with Crippen molar-refractivity contribution in [3.8, 4) is 5.75 Å². The lowest BCUT2D eigenvalue weighted by Crippen LogP contribution is -2.34. The topological polar surface area (TPSA) is 49.8 Å². The summed E-state index contributed by atoms with van der Waals surface area (Å²) in [5.74, 6) is 0.336. The molecule has 4 nitrogen and oxygen atoms in total. The SMILES string of the molecule is COc1ccc(Cl)cc1C(=O)N1CCC(C)(O)C1. The third-order valence-electron chi connectivity index (χ3n) is 3.13. The quantitative estimate of drug-likeness (QED) is 0.893. The van der Waals surface area contributed by atoms with E-state index in [4.69, 9.17) is 16.3 Å². The minimum atomic E-state index is -0.804. The molecular formula is C13H16ClNO3. The first-order chi connectivity index (χ1) is 8.43. The summed E-state index contributed by atoms with van der Waals surface area (Å²) in [5.41, 5.74) is -0.371. The third kappa shape index (κ3) is 2.60.